The SMILES string of the molecule is Cc1cc(F)cc(NC(CO)c2ccc(C)c(Br)c2)c1. The number of benzene rings is 2. The zero-order chi connectivity index (χ0) is 14.7. The first kappa shape index (κ1) is 15.0. The van der Waals surface area contributed by atoms with Crippen LogP contribution < -0.4 is 5.32 Å². The van der Waals surface area contributed by atoms with Gasteiger partial charge in [0.15, 0.2) is 0 Å². The smallest absolute Gasteiger partial charge is 0.125 e. The van der Waals surface area contributed by atoms with Crippen LogP contribution in [0.15, 0.2) is 40.9 Å². The van der Waals surface area contributed by atoms with Crippen molar-refractivity contribution >= 4 is 21.6 Å². The fourth-order valence-electron chi connectivity index (χ4n) is 2.08. The van der Waals surface area contributed by atoms with Gasteiger partial charge >= 0.3 is 0 Å². The fourth-order valence-corrected chi connectivity index (χ4v) is 2.48. The summed E-state index contributed by atoms with van der Waals surface area (Å²) in [5, 5.41) is 12.7. The first-order chi connectivity index (χ1) is 9.49. The van der Waals surface area contributed by atoms with E-state index in [1.807, 2.05) is 38.1 Å². The number of hydrogen-bond acceptors (Lipinski definition) is 2. The average molecular weight is 338 g/mol. The van der Waals surface area contributed by atoms with Crippen molar-refractivity contribution in [2.75, 3.05) is 11.9 Å². The molecule has 0 saturated heterocycles. The maximum absolute atomic E-state index is 13.4. The van der Waals surface area contributed by atoms with Gasteiger partial charge in [0.05, 0.1) is 12.6 Å². The van der Waals surface area contributed by atoms with Crippen molar-refractivity contribution in [3.63, 3.8) is 0 Å². The second-order valence-corrected chi connectivity index (χ2v) is 5.76. The van der Waals surface area contributed by atoms with Gasteiger partial charge in [-0.3, -0.25) is 0 Å². The van der Waals surface area contributed by atoms with Crippen molar-refractivity contribution < 1.29 is 9.50 Å². The molecule has 2 N–H and O–H groups in total. The molecule has 0 aromatic heterocycles. The van der Waals surface area contributed by atoms with Gasteiger partial charge in [-0.25, -0.2) is 4.39 Å². The highest BCUT2D eigenvalue weighted by molar-refractivity contribution is 9.10. The van der Waals surface area contributed by atoms with Crippen LogP contribution in [0.3, 0.4) is 0 Å². The van der Waals surface area contributed by atoms with Crippen LogP contribution >= 0.6 is 15.9 Å². The third kappa shape index (κ3) is 3.58. The van der Waals surface area contributed by atoms with Gasteiger partial charge in [0.2, 0.25) is 0 Å². The Morgan fingerprint density at radius 1 is 1.20 bits per heavy atom. The summed E-state index contributed by atoms with van der Waals surface area (Å²) in [6, 6.07) is 10.4. The number of nitrogens with one attached hydrogen (secondary N) is 1. The van der Waals surface area contributed by atoms with E-state index >= 15 is 0 Å². The Labute approximate surface area is 126 Å². The van der Waals surface area contributed by atoms with Crippen LogP contribution in [0.1, 0.15) is 22.7 Å². The molecular formula is C16H17BrFNO. The van der Waals surface area contributed by atoms with Crippen LogP contribution in [-0.4, -0.2) is 11.7 Å². The number of anilines is 1. The van der Waals surface area contributed by atoms with Crippen molar-refractivity contribution in [3.05, 3.63) is 63.4 Å². The van der Waals surface area contributed by atoms with E-state index in [-0.39, 0.29) is 18.5 Å². The van der Waals surface area contributed by atoms with Gasteiger partial charge < -0.3 is 10.4 Å². The first-order valence-corrected chi connectivity index (χ1v) is 7.19. The summed E-state index contributed by atoms with van der Waals surface area (Å²) >= 11 is 3.48. The number of halogens is 2. The molecule has 1 atom stereocenters. The normalized spacial score (nSPS) is 12.2. The fraction of sp³-hybridized carbons (Fsp3) is 0.250. The quantitative estimate of drug-likeness (QED) is 0.869. The lowest BCUT2D eigenvalue weighted by molar-refractivity contribution is 0.276. The van der Waals surface area contributed by atoms with Crippen LogP contribution in [0.5, 0.6) is 0 Å². The molecule has 4 heteroatoms. The Morgan fingerprint density at radius 3 is 2.55 bits per heavy atom. The van der Waals surface area contributed by atoms with Gasteiger partial charge in [0.1, 0.15) is 5.82 Å². The van der Waals surface area contributed by atoms with Gasteiger partial charge in [-0.1, -0.05) is 28.1 Å². The summed E-state index contributed by atoms with van der Waals surface area (Å²) in [6.45, 7) is 3.78. The Hall–Kier alpha value is -1.39. The van der Waals surface area contributed by atoms with E-state index in [0.29, 0.717) is 5.69 Å². The highest BCUT2D eigenvalue weighted by Crippen LogP contribution is 2.25. The number of aliphatic hydroxyl groups excluding tert-OH is 1. The first-order valence-electron chi connectivity index (χ1n) is 6.40. The molecule has 2 nitrogen and oxygen atoms in total. The van der Waals surface area contributed by atoms with E-state index in [4.69, 9.17) is 0 Å². The van der Waals surface area contributed by atoms with E-state index in [1.165, 1.54) is 12.1 Å². The molecule has 0 fully saturated rings. The minimum absolute atomic E-state index is 0.0644. The standard InChI is InChI=1S/C16H17BrFNO/c1-10-5-13(18)8-14(6-10)19-16(9-20)12-4-3-11(2)15(17)7-12/h3-8,16,19-20H,9H2,1-2H3. The highest BCUT2D eigenvalue weighted by atomic mass is 79.9. The minimum atomic E-state index is -0.283. The third-order valence-electron chi connectivity index (χ3n) is 3.16. The molecule has 0 saturated carbocycles. The van der Waals surface area contributed by atoms with Gasteiger partial charge in [0.25, 0.3) is 0 Å². The number of aliphatic hydroxyl groups is 1. The van der Waals surface area contributed by atoms with Crippen LogP contribution in [0, 0.1) is 19.7 Å². The van der Waals surface area contributed by atoms with E-state index in [2.05, 4.69) is 21.2 Å². The van der Waals surface area contributed by atoms with Crippen LogP contribution in [0.25, 0.3) is 0 Å². The average Bonchev–Trinajstić information content (AvgIpc) is 2.38. The molecular weight excluding hydrogens is 321 g/mol. The predicted octanol–water partition coefficient (Wildman–Crippen LogP) is 4.35. The van der Waals surface area contributed by atoms with Crippen molar-refractivity contribution in [1.29, 1.82) is 0 Å². The molecule has 2 rings (SSSR count). The molecule has 0 radical (unpaired) electrons. The van der Waals surface area contributed by atoms with Gasteiger partial charge in [0, 0.05) is 10.2 Å². The van der Waals surface area contributed by atoms with Gasteiger partial charge in [-0.15, -0.1) is 0 Å². The zero-order valence-electron chi connectivity index (χ0n) is 11.5. The van der Waals surface area contributed by atoms with Crippen LogP contribution in [0.4, 0.5) is 10.1 Å². The molecule has 0 heterocycles. The molecule has 0 spiro atoms. The molecule has 0 amide bonds. The summed E-state index contributed by atoms with van der Waals surface area (Å²) in [5.41, 5.74) is 3.59. The van der Waals surface area contributed by atoms with Crippen molar-refractivity contribution in [2.24, 2.45) is 0 Å². The maximum atomic E-state index is 13.4. The monoisotopic (exact) mass is 337 g/mol. The van der Waals surface area contributed by atoms with E-state index in [9.17, 15) is 9.50 Å². The molecule has 2 aromatic rings. The second kappa shape index (κ2) is 6.37. The van der Waals surface area contributed by atoms with Crippen LogP contribution in [0.2, 0.25) is 0 Å². The minimum Gasteiger partial charge on any atom is -0.394 e. The second-order valence-electron chi connectivity index (χ2n) is 4.91. The molecule has 0 aliphatic carbocycles. The Morgan fingerprint density at radius 2 is 1.95 bits per heavy atom. The van der Waals surface area contributed by atoms with Gasteiger partial charge in [-0.05, 0) is 54.8 Å². The largest absolute Gasteiger partial charge is 0.394 e. The lowest BCUT2D eigenvalue weighted by atomic mass is 10.1. The lowest BCUT2D eigenvalue weighted by Crippen LogP contribution is -2.15. The number of aryl methyl sites for hydroxylation is 2. The summed E-state index contributed by atoms with van der Waals surface area (Å²) in [7, 11) is 0. The van der Waals surface area contributed by atoms with Crippen LogP contribution in [-0.2, 0) is 0 Å². The Balaban J connectivity index is 2.26. The summed E-state index contributed by atoms with van der Waals surface area (Å²) in [4.78, 5) is 0. The van der Waals surface area contributed by atoms with E-state index < -0.39 is 0 Å². The van der Waals surface area contributed by atoms with E-state index in [1.54, 1.807) is 0 Å². The Bertz CT molecular complexity index is 595. The number of hydrogen-bond donors (Lipinski definition) is 2. The molecule has 20 heavy (non-hydrogen) atoms. The predicted molar refractivity (Wildman–Crippen MR) is 83.5 cm³/mol. The van der Waals surface area contributed by atoms with E-state index in [0.717, 1.165) is 21.2 Å². The zero-order valence-corrected chi connectivity index (χ0v) is 13.0. The summed E-state index contributed by atoms with van der Waals surface area (Å²) in [6.07, 6.45) is 0. The molecule has 0 aliphatic heterocycles. The van der Waals surface area contributed by atoms with Crippen molar-refractivity contribution in [1.82, 2.24) is 0 Å². The number of rotatable bonds is 4. The molecule has 0 bridgehead atoms. The van der Waals surface area contributed by atoms with Crippen molar-refractivity contribution in [2.45, 2.75) is 19.9 Å². The third-order valence-corrected chi connectivity index (χ3v) is 4.02. The van der Waals surface area contributed by atoms with Crippen molar-refractivity contribution in [3.8, 4) is 0 Å². The molecule has 0 aliphatic rings. The molecule has 1 unspecified atom stereocenters. The highest BCUT2D eigenvalue weighted by Gasteiger charge is 2.12. The summed E-state index contributed by atoms with van der Waals surface area (Å²) in [5.74, 6) is -0.283. The molecule has 2 aromatic carbocycles. The summed E-state index contributed by atoms with van der Waals surface area (Å²) < 4.78 is 14.4. The molecule has 106 valence electrons. The lowest BCUT2D eigenvalue weighted by Gasteiger charge is -2.19. The maximum Gasteiger partial charge on any atom is 0.125 e. The topological polar surface area (TPSA) is 32.3 Å². The van der Waals surface area contributed by atoms with Gasteiger partial charge in [-0.2, -0.15) is 0 Å². The Kier molecular flexibility index (Phi) is 4.78.